The van der Waals surface area contributed by atoms with Crippen molar-refractivity contribution in [2.24, 2.45) is 10.2 Å². The van der Waals surface area contributed by atoms with Crippen LogP contribution in [0.15, 0.2) is 57.3 Å². The van der Waals surface area contributed by atoms with E-state index in [0.29, 0.717) is 17.5 Å². The molecule has 1 aromatic carbocycles. The first-order valence-electron chi connectivity index (χ1n) is 8.36. The fourth-order valence-corrected chi connectivity index (χ4v) is 3.85. The molecular formula is C19H21N3O2S. The number of benzene rings is 1. The van der Waals surface area contributed by atoms with Crippen LogP contribution in [0, 0.1) is 6.92 Å². The molecule has 2 aromatic rings. The van der Waals surface area contributed by atoms with Gasteiger partial charge in [-0.25, -0.2) is 0 Å². The third-order valence-corrected chi connectivity index (χ3v) is 5.27. The SMILES string of the molecule is CCC[C@H]1S/C(=N/N=C\c2ccco2)N(Cc2ccccc2C)C1=O. The van der Waals surface area contributed by atoms with Crippen molar-refractivity contribution in [2.75, 3.05) is 0 Å². The van der Waals surface area contributed by atoms with Gasteiger partial charge < -0.3 is 4.42 Å². The first-order valence-corrected chi connectivity index (χ1v) is 9.24. The van der Waals surface area contributed by atoms with E-state index in [1.54, 1.807) is 23.4 Å². The minimum Gasteiger partial charge on any atom is -0.463 e. The van der Waals surface area contributed by atoms with Crippen LogP contribution in [0.3, 0.4) is 0 Å². The number of rotatable bonds is 6. The van der Waals surface area contributed by atoms with Crippen molar-refractivity contribution in [1.82, 2.24) is 4.90 Å². The van der Waals surface area contributed by atoms with E-state index >= 15 is 0 Å². The van der Waals surface area contributed by atoms with Crippen molar-refractivity contribution in [2.45, 2.75) is 38.5 Å². The monoisotopic (exact) mass is 355 g/mol. The molecule has 1 fully saturated rings. The number of carbonyl (C=O) groups excluding carboxylic acids is 1. The minimum absolute atomic E-state index is 0.0772. The number of thioether (sulfide) groups is 1. The summed E-state index contributed by atoms with van der Waals surface area (Å²) in [7, 11) is 0. The Labute approximate surface area is 151 Å². The van der Waals surface area contributed by atoms with Gasteiger partial charge >= 0.3 is 0 Å². The quantitative estimate of drug-likeness (QED) is 0.576. The molecule has 5 nitrogen and oxygen atoms in total. The Hall–Kier alpha value is -2.34. The lowest BCUT2D eigenvalue weighted by Crippen LogP contribution is -2.31. The highest BCUT2D eigenvalue weighted by Gasteiger charge is 2.37. The summed E-state index contributed by atoms with van der Waals surface area (Å²) in [5, 5.41) is 8.95. The van der Waals surface area contributed by atoms with E-state index in [1.165, 1.54) is 11.8 Å². The van der Waals surface area contributed by atoms with E-state index in [2.05, 4.69) is 30.1 Å². The first kappa shape index (κ1) is 17.5. The van der Waals surface area contributed by atoms with Gasteiger partial charge in [-0.2, -0.15) is 5.10 Å². The Morgan fingerprint density at radius 3 is 2.84 bits per heavy atom. The van der Waals surface area contributed by atoms with Gasteiger partial charge in [0, 0.05) is 0 Å². The van der Waals surface area contributed by atoms with Gasteiger partial charge in [0.05, 0.1) is 24.3 Å². The van der Waals surface area contributed by atoms with Crippen LogP contribution in [-0.2, 0) is 11.3 Å². The van der Waals surface area contributed by atoms with Gasteiger partial charge in [-0.1, -0.05) is 49.4 Å². The molecule has 1 amide bonds. The van der Waals surface area contributed by atoms with Gasteiger partial charge in [-0.3, -0.25) is 9.69 Å². The Morgan fingerprint density at radius 1 is 1.28 bits per heavy atom. The zero-order valence-electron chi connectivity index (χ0n) is 14.4. The number of hydrogen-bond donors (Lipinski definition) is 0. The third kappa shape index (κ3) is 4.20. The van der Waals surface area contributed by atoms with Crippen LogP contribution in [0.4, 0.5) is 0 Å². The van der Waals surface area contributed by atoms with Crippen molar-refractivity contribution in [3.63, 3.8) is 0 Å². The Morgan fingerprint density at radius 2 is 2.12 bits per heavy atom. The normalized spacial score (nSPS) is 19.4. The van der Waals surface area contributed by atoms with Crippen LogP contribution in [0.25, 0.3) is 0 Å². The van der Waals surface area contributed by atoms with E-state index in [0.717, 1.165) is 24.0 Å². The van der Waals surface area contributed by atoms with Crippen LogP contribution in [0.5, 0.6) is 0 Å². The van der Waals surface area contributed by atoms with Gasteiger partial charge in [-0.05, 0) is 36.6 Å². The van der Waals surface area contributed by atoms with Crippen molar-refractivity contribution < 1.29 is 9.21 Å². The average Bonchev–Trinajstić information content (AvgIpc) is 3.21. The summed E-state index contributed by atoms with van der Waals surface area (Å²) in [6, 6.07) is 11.7. The lowest BCUT2D eigenvalue weighted by molar-refractivity contribution is -0.126. The molecule has 3 rings (SSSR count). The molecule has 0 radical (unpaired) electrons. The van der Waals surface area contributed by atoms with Crippen LogP contribution >= 0.6 is 11.8 Å². The predicted octanol–water partition coefficient (Wildman–Crippen LogP) is 4.22. The summed E-state index contributed by atoms with van der Waals surface area (Å²) in [6.45, 7) is 4.66. The highest BCUT2D eigenvalue weighted by atomic mass is 32.2. The molecule has 1 saturated heterocycles. The molecular weight excluding hydrogens is 334 g/mol. The minimum atomic E-state index is -0.0772. The zero-order valence-corrected chi connectivity index (χ0v) is 15.2. The molecule has 0 N–H and O–H groups in total. The maximum absolute atomic E-state index is 12.8. The van der Waals surface area contributed by atoms with Gasteiger partial charge in [-0.15, -0.1) is 5.10 Å². The summed E-state index contributed by atoms with van der Waals surface area (Å²) in [4.78, 5) is 14.5. The Balaban J connectivity index is 1.82. The lowest BCUT2D eigenvalue weighted by atomic mass is 10.1. The second kappa shape index (κ2) is 8.16. The van der Waals surface area contributed by atoms with Crippen molar-refractivity contribution in [3.8, 4) is 0 Å². The van der Waals surface area contributed by atoms with Gasteiger partial charge in [0.25, 0.3) is 0 Å². The van der Waals surface area contributed by atoms with Crippen molar-refractivity contribution in [3.05, 3.63) is 59.5 Å². The molecule has 0 aliphatic carbocycles. The van der Waals surface area contributed by atoms with Gasteiger partial charge in [0.2, 0.25) is 5.91 Å². The number of amides is 1. The molecule has 0 bridgehead atoms. The van der Waals surface area contributed by atoms with E-state index in [1.807, 2.05) is 24.3 Å². The van der Waals surface area contributed by atoms with E-state index < -0.39 is 0 Å². The van der Waals surface area contributed by atoms with Crippen LogP contribution in [-0.4, -0.2) is 27.4 Å². The van der Waals surface area contributed by atoms with Gasteiger partial charge in [0.1, 0.15) is 5.76 Å². The number of furan rings is 1. The Kier molecular flexibility index (Phi) is 5.71. The largest absolute Gasteiger partial charge is 0.463 e. The lowest BCUT2D eigenvalue weighted by Gasteiger charge is -2.17. The number of nitrogens with zero attached hydrogens (tertiary/aromatic N) is 3. The maximum atomic E-state index is 12.8. The van der Waals surface area contributed by atoms with Crippen molar-refractivity contribution >= 4 is 29.1 Å². The summed E-state index contributed by atoms with van der Waals surface area (Å²) < 4.78 is 5.21. The molecule has 25 heavy (non-hydrogen) atoms. The molecule has 1 atom stereocenters. The Bertz CT molecular complexity index is 784. The number of aryl methyl sites for hydroxylation is 1. The van der Waals surface area contributed by atoms with E-state index in [-0.39, 0.29) is 11.2 Å². The van der Waals surface area contributed by atoms with E-state index in [4.69, 9.17) is 4.42 Å². The molecule has 0 saturated carbocycles. The number of hydrogen-bond acceptors (Lipinski definition) is 5. The second-order valence-corrected chi connectivity index (χ2v) is 7.06. The smallest absolute Gasteiger partial charge is 0.242 e. The molecule has 1 aliphatic rings. The van der Waals surface area contributed by atoms with Crippen LogP contribution in [0.1, 0.15) is 36.7 Å². The molecule has 0 spiro atoms. The summed E-state index contributed by atoms with van der Waals surface area (Å²) in [5.74, 6) is 0.747. The number of amidine groups is 1. The maximum Gasteiger partial charge on any atom is 0.242 e. The van der Waals surface area contributed by atoms with Crippen molar-refractivity contribution in [1.29, 1.82) is 0 Å². The highest BCUT2D eigenvalue weighted by molar-refractivity contribution is 8.15. The van der Waals surface area contributed by atoms with Crippen LogP contribution < -0.4 is 0 Å². The second-order valence-electron chi connectivity index (χ2n) is 5.89. The molecule has 1 aliphatic heterocycles. The topological polar surface area (TPSA) is 58.2 Å². The highest BCUT2D eigenvalue weighted by Crippen LogP contribution is 2.32. The summed E-state index contributed by atoms with van der Waals surface area (Å²) in [6.07, 6.45) is 4.94. The molecule has 130 valence electrons. The van der Waals surface area contributed by atoms with Crippen LogP contribution in [0.2, 0.25) is 0 Å². The van der Waals surface area contributed by atoms with E-state index in [9.17, 15) is 4.79 Å². The fourth-order valence-electron chi connectivity index (χ4n) is 2.63. The number of carbonyl (C=O) groups is 1. The zero-order chi connectivity index (χ0) is 17.6. The first-order chi connectivity index (χ1) is 12.2. The predicted molar refractivity (Wildman–Crippen MR) is 102 cm³/mol. The molecule has 2 heterocycles. The summed E-state index contributed by atoms with van der Waals surface area (Å²) in [5.41, 5.74) is 2.29. The third-order valence-electron chi connectivity index (χ3n) is 4.03. The summed E-state index contributed by atoms with van der Waals surface area (Å²) >= 11 is 1.50. The molecule has 6 heteroatoms. The van der Waals surface area contributed by atoms with Gasteiger partial charge in [0.15, 0.2) is 5.17 Å². The average molecular weight is 355 g/mol. The fraction of sp³-hybridized carbons (Fsp3) is 0.316. The molecule has 0 unspecified atom stereocenters. The molecule has 1 aromatic heterocycles. The standard InChI is InChI=1S/C19H21N3O2S/c1-3-7-17-18(23)22(13-15-9-5-4-8-14(15)2)19(25-17)21-20-12-16-10-6-11-24-16/h4-6,8-12,17H,3,7,13H2,1-2H3/b20-12-,21-19+/t17-/m1/s1.